The van der Waals surface area contributed by atoms with Gasteiger partial charge in [-0.05, 0) is 49.9 Å². The van der Waals surface area contributed by atoms with Gasteiger partial charge < -0.3 is 19.9 Å². The molecule has 0 aromatic heterocycles. The lowest BCUT2D eigenvalue weighted by molar-refractivity contribution is -0.116. The Morgan fingerprint density at radius 2 is 1.78 bits per heavy atom. The van der Waals surface area contributed by atoms with Crippen LogP contribution in [-0.4, -0.2) is 72.4 Å². The van der Waals surface area contributed by atoms with Gasteiger partial charge in [-0.2, -0.15) is 0 Å². The number of sulfonamides is 1. The van der Waals surface area contributed by atoms with Crippen LogP contribution in [0.15, 0.2) is 48.5 Å². The molecule has 0 spiro atoms. The topological polar surface area (TPSA) is 82.2 Å². The summed E-state index contributed by atoms with van der Waals surface area (Å²) < 4.78 is 31.0. The number of anilines is 3. The highest BCUT2D eigenvalue weighted by molar-refractivity contribution is 7.92. The van der Waals surface area contributed by atoms with E-state index in [-0.39, 0.29) is 18.9 Å². The molecule has 1 fully saturated rings. The second kappa shape index (κ2) is 10.7. The van der Waals surface area contributed by atoms with Crippen LogP contribution < -0.4 is 19.3 Å². The summed E-state index contributed by atoms with van der Waals surface area (Å²) in [6.45, 7) is 4.28. The molecule has 2 aromatic rings. The SMILES string of the molecule is COc1cccc(N(CCCC(=O)Nc2ccc(N3CCN(C)CC3)cc2)S(C)(=O)=O)c1. The number of nitrogens with zero attached hydrogens (tertiary/aromatic N) is 3. The standard InChI is InChI=1S/C23H32N4O4S/c1-25-14-16-26(17-15-25)20-11-9-19(10-12-20)24-23(28)8-5-13-27(32(3,29)30)21-6-4-7-22(18-21)31-2/h4,6-7,9-12,18H,5,8,13-17H2,1-3H3,(H,24,28). The van der Waals surface area contributed by atoms with Gasteiger partial charge in [-0.3, -0.25) is 9.10 Å². The Hall–Kier alpha value is -2.78. The van der Waals surface area contributed by atoms with Gasteiger partial charge in [-0.25, -0.2) is 8.42 Å². The minimum atomic E-state index is -3.48. The van der Waals surface area contributed by atoms with Gasteiger partial charge in [0, 0.05) is 56.6 Å². The van der Waals surface area contributed by atoms with E-state index >= 15 is 0 Å². The third-order valence-electron chi connectivity index (χ3n) is 5.53. The smallest absolute Gasteiger partial charge is 0.232 e. The first-order valence-corrected chi connectivity index (χ1v) is 12.6. The maximum atomic E-state index is 12.4. The summed E-state index contributed by atoms with van der Waals surface area (Å²) in [5.74, 6) is 0.436. The summed E-state index contributed by atoms with van der Waals surface area (Å²) in [5, 5.41) is 2.90. The number of ether oxygens (including phenoxy) is 1. The fourth-order valence-corrected chi connectivity index (χ4v) is 4.64. The average molecular weight is 461 g/mol. The van der Waals surface area contributed by atoms with Crippen molar-refractivity contribution in [3.63, 3.8) is 0 Å². The molecular formula is C23H32N4O4S. The van der Waals surface area contributed by atoms with Gasteiger partial charge in [0.2, 0.25) is 15.9 Å². The zero-order chi connectivity index (χ0) is 23.1. The normalized spacial score (nSPS) is 14.8. The predicted octanol–water partition coefficient (Wildman–Crippen LogP) is 2.63. The number of hydrogen-bond acceptors (Lipinski definition) is 6. The van der Waals surface area contributed by atoms with Crippen molar-refractivity contribution in [3.05, 3.63) is 48.5 Å². The van der Waals surface area contributed by atoms with Crippen LogP contribution in [0, 0.1) is 0 Å². The molecule has 8 nitrogen and oxygen atoms in total. The Morgan fingerprint density at radius 3 is 2.41 bits per heavy atom. The van der Waals surface area contributed by atoms with Crippen molar-refractivity contribution < 1.29 is 17.9 Å². The number of piperazine rings is 1. The Morgan fingerprint density at radius 1 is 1.09 bits per heavy atom. The zero-order valence-electron chi connectivity index (χ0n) is 19.0. The molecule has 1 aliphatic rings. The van der Waals surface area contributed by atoms with E-state index in [2.05, 4.69) is 22.2 Å². The van der Waals surface area contributed by atoms with Crippen LogP contribution >= 0.6 is 0 Å². The first kappa shape index (κ1) is 23.9. The Balaban J connectivity index is 1.52. The van der Waals surface area contributed by atoms with E-state index in [4.69, 9.17) is 4.74 Å². The number of carbonyl (C=O) groups is 1. The molecule has 2 aromatic carbocycles. The van der Waals surface area contributed by atoms with Gasteiger partial charge >= 0.3 is 0 Å². The largest absolute Gasteiger partial charge is 0.497 e. The highest BCUT2D eigenvalue weighted by Gasteiger charge is 2.18. The minimum absolute atomic E-state index is 0.142. The molecule has 174 valence electrons. The van der Waals surface area contributed by atoms with Crippen molar-refractivity contribution in [3.8, 4) is 5.75 Å². The highest BCUT2D eigenvalue weighted by atomic mass is 32.2. The van der Waals surface area contributed by atoms with Crippen molar-refractivity contribution in [2.75, 3.05) is 67.7 Å². The fourth-order valence-electron chi connectivity index (χ4n) is 3.68. The molecule has 0 atom stereocenters. The molecule has 0 bridgehead atoms. The minimum Gasteiger partial charge on any atom is -0.497 e. The number of rotatable bonds is 9. The molecule has 0 unspecified atom stereocenters. The van der Waals surface area contributed by atoms with E-state index in [9.17, 15) is 13.2 Å². The van der Waals surface area contributed by atoms with Gasteiger partial charge in [0.15, 0.2) is 0 Å². The molecule has 1 saturated heterocycles. The molecule has 1 N–H and O–H groups in total. The fraction of sp³-hybridized carbons (Fsp3) is 0.435. The van der Waals surface area contributed by atoms with Crippen LogP contribution in [0.4, 0.5) is 17.1 Å². The van der Waals surface area contributed by atoms with E-state index in [1.54, 1.807) is 24.3 Å². The summed E-state index contributed by atoms with van der Waals surface area (Å²) in [6, 6.07) is 14.7. The maximum Gasteiger partial charge on any atom is 0.232 e. The summed E-state index contributed by atoms with van der Waals surface area (Å²) >= 11 is 0. The number of amides is 1. The Labute approximate surface area is 190 Å². The van der Waals surface area contributed by atoms with Gasteiger partial charge in [-0.1, -0.05) is 6.07 Å². The van der Waals surface area contributed by atoms with Crippen molar-refractivity contribution in [2.24, 2.45) is 0 Å². The van der Waals surface area contributed by atoms with Crippen LogP contribution in [0.1, 0.15) is 12.8 Å². The number of likely N-dealkylation sites (N-methyl/N-ethyl adjacent to an activating group) is 1. The quantitative estimate of drug-likeness (QED) is 0.620. The summed E-state index contributed by atoms with van der Waals surface area (Å²) in [4.78, 5) is 17.0. The molecule has 1 amide bonds. The monoisotopic (exact) mass is 460 g/mol. The molecule has 0 saturated carbocycles. The molecular weight excluding hydrogens is 428 g/mol. The predicted molar refractivity (Wildman–Crippen MR) is 129 cm³/mol. The molecule has 32 heavy (non-hydrogen) atoms. The molecule has 0 radical (unpaired) electrons. The Kier molecular flexibility index (Phi) is 7.98. The Bertz CT molecular complexity index is 1000. The summed E-state index contributed by atoms with van der Waals surface area (Å²) in [5.41, 5.74) is 2.41. The average Bonchev–Trinajstić information content (AvgIpc) is 2.77. The third-order valence-corrected chi connectivity index (χ3v) is 6.72. The molecule has 0 aliphatic carbocycles. The molecule has 3 rings (SSSR count). The van der Waals surface area contributed by atoms with Gasteiger partial charge in [0.1, 0.15) is 5.75 Å². The van der Waals surface area contributed by atoms with E-state index in [0.29, 0.717) is 17.9 Å². The summed E-state index contributed by atoms with van der Waals surface area (Å²) in [7, 11) is 0.180. The molecule has 9 heteroatoms. The number of benzene rings is 2. The lowest BCUT2D eigenvalue weighted by Gasteiger charge is -2.34. The number of carbonyl (C=O) groups excluding carboxylic acids is 1. The number of nitrogens with one attached hydrogen (secondary N) is 1. The lowest BCUT2D eigenvalue weighted by Crippen LogP contribution is -2.44. The highest BCUT2D eigenvalue weighted by Crippen LogP contribution is 2.24. The number of methoxy groups -OCH3 is 1. The summed E-state index contributed by atoms with van der Waals surface area (Å²) in [6.07, 6.45) is 1.78. The van der Waals surface area contributed by atoms with Gasteiger partial charge in [0.25, 0.3) is 0 Å². The van der Waals surface area contributed by atoms with Crippen LogP contribution in [0.5, 0.6) is 5.75 Å². The van der Waals surface area contributed by atoms with E-state index in [0.717, 1.165) is 43.8 Å². The second-order valence-corrected chi connectivity index (χ2v) is 9.93. The van der Waals surface area contributed by atoms with Crippen molar-refractivity contribution in [2.45, 2.75) is 12.8 Å². The van der Waals surface area contributed by atoms with Crippen molar-refractivity contribution in [1.82, 2.24) is 4.90 Å². The van der Waals surface area contributed by atoms with Crippen LogP contribution in [-0.2, 0) is 14.8 Å². The lowest BCUT2D eigenvalue weighted by atomic mass is 10.2. The molecule has 1 heterocycles. The van der Waals surface area contributed by atoms with Crippen molar-refractivity contribution >= 4 is 33.0 Å². The van der Waals surface area contributed by atoms with E-state index in [1.165, 1.54) is 11.4 Å². The van der Waals surface area contributed by atoms with Crippen LogP contribution in [0.3, 0.4) is 0 Å². The third kappa shape index (κ3) is 6.61. The maximum absolute atomic E-state index is 12.4. The van der Waals surface area contributed by atoms with Crippen LogP contribution in [0.2, 0.25) is 0 Å². The van der Waals surface area contributed by atoms with Crippen LogP contribution in [0.25, 0.3) is 0 Å². The first-order chi connectivity index (χ1) is 15.3. The second-order valence-electron chi connectivity index (χ2n) is 8.03. The number of hydrogen-bond donors (Lipinski definition) is 1. The molecule has 1 aliphatic heterocycles. The van der Waals surface area contributed by atoms with Gasteiger partial charge in [0.05, 0.1) is 19.1 Å². The van der Waals surface area contributed by atoms with Gasteiger partial charge in [-0.15, -0.1) is 0 Å². The first-order valence-electron chi connectivity index (χ1n) is 10.7. The van der Waals surface area contributed by atoms with E-state index in [1.807, 2.05) is 24.3 Å². The van der Waals surface area contributed by atoms with E-state index < -0.39 is 10.0 Å². The van der Waals surface area contributed by atoms with Crippen molar-refractivity contribution in [1.29, 1.82) is 0 Å². The zero-order valence-corrected chi connectivity index (χ0v) is 19.8.